The number of amides is 1. The Morgan fingerprint density at radius 2 is 1.71 bits per heavy atom. The lowest BCUT2D eigenvalue weighted by Gasteiger charge is -2.10. The van der Waals surface area contributed by atoms with E-state index in [2.05, 4.69) is 10.6 Å². The predicted molar refractivity (Wildman–Crippen MR) is 79.4 cm³/mol. The number of anilines is 2. The molecule has 2 aromatic rings. The van der Waals surface area contributed by atoms with E-state index in [1.54, 1.807) is 12.1 Å². The molecule has 0 saturated carbocycles. The Bertz CT molecular complexity index is 654. The monoisotopic (exact) mass is 290 g/mol. The van der Waals surface area contributed by atoms with Crippen LogP contribution in [0.2, 0.25) is 0 Å². The Morgan fingerprint density at radius 3 is 2.38 bits per heavy atom. The minimum absolute atomic E-state index is 0.217. The quantitative estimate of drug-likeness (QED) is 0.902. The minimum Gasteiger partial charge on any atom is -0.371 e. The SMILES string of the molecule is Cc1ccc(NC(=O)CNc2c(F)ccc(C)c2F)cc1. The van der Waals surface area contributed by atoms with Gasteiger partial charge in [-0.15, -0.1) is 0 Å². The second-order valence-corrected chi connectivity index (χ2v) is 4.82. The maximum absolute atomic E-state index is 13.8. The van der Waals surface area contributed by atoms with Gasteiger partial charge in [-0.25, -0.2) is 8.78 Å². The van der Waals surface area contributed by atoms with Gasteiger partial charge in [-0.1, -0.05) is 23.8 Å². The highest BCUT2D eigenvalue weighted by molar-refractivity contribution is 5.93. The highest BCUT2D eigenvalue weighted by Gasteiger charge is 2.12. The number of hydrogen-bond acceptors (Lipinski definition) is 2. The van der Waals surface area contributed by atoms with E-state index in [0.717, 1.165) is 5.56 Å². The number of hydrogen-bond donors (Lipinski definition) is 2. The number of benzene rings is 2. The lowest BCUT2D eigenvalue weighted by Crippen LogP contribution is -2.22. The molecule has 0 atom stereocenters. The third-order valence-electron chi connectivity index (χ3n) is 3.05. The zero-order chi connectivity index (χ0) is 15.4. The number of rotatable bonds is 4. The zero-order valence-corrected chi connectivity index (χ0v) is 11.8. The summed E-state index contributed by atoms with van der Waals surface area (Å²) in [5.41, 5.74) is 1.75. The molecule has 21 heavy (non-hydrogen) atoms. The van der Waals surface area contributed by atoms with Crippen LogP contribution in [-0.4, -0.2) is 12.5 Å². The molecule has 2 N–H and O–H groups in total. The lowest BCUT2D eigenvalue weighted by atomic mass is 10.2. The molecule has 0 aromatic heterocycles. The van der Waals surface area contributed by atoms with E-state index in [1.807, 2.05) is 19.1 Å². The Hall–Kier alpha value is -2.43. The summed E-state index contributed by atoms with van der Waals surface area (Å²) < 4.78 is 27.3. The summed E-state index contributed by atoms with van der Waals surface area (Å²) in [7, 11) is 0. The average molecular weight is 290 g/mol. The second kappa shape index (κ2) is 6.35. The van der Waals surface area contributed by atoms with Crippen LogP contribution in [0, 0.1) is 25.5 Å². The largest absolute Gasteiger partial charge is 0.371 e. The smallest absolute Gasteiger partial charge is 0.243 e. The van der Waals surface area contributed by atoms with Crippen molar-refractivity contribution in [1.29, 1.82) is 0 Å². The van der Waals surface area contributed by atoms with E-state index in [9.17, 15) is 13.6 Å². The van der Waals surface area contributed by atoms with Crippen molar-refractivity contribution in [3.8, 4) is 0 Å². The molecule has 0 fully saturated rings. The minimum atomic E-state index is -0.721. The third kappa shape index (κ3) is 3.78. The molecule has 0 spiro atoms. The van der Waals surface area contributed by atoms with Gasteiger partial charge in [-0.05, 0) is 37.6 Å². The second-order valence-electron chi connectivity index (χ2n) is 4.82. The fourth-order valence-electron chi connectivity index (χ4n) is 1.83. The van der Waals surface area contributed by atoms with Gasteiger partial charge in [0.1, 0.15) is 11.5 Å². The van der Waals surface area contributed by atoms with Crippen LogP contribution in [0.1, 0.15) is 11.1 Å². The molecule has 0 bridgehead atoms. The highest BCUT2D eigenvalue weighted by atomic mass is 19.1. The Labute approximate surface area is 122 Å². The van der Waals surface area contributed by atoms with Gasteiger partial charge in [0.05, 0.1) is 6.54 Å². The van der Waals surface area contributed by atoms with Gasteiger partial charge in [0, 0.05) is 5.69 Å². The standard InChI is InChI=1S/C16H16F2N2O/c1-10-3-6-12(7-4-10)20-14(21)9-19-16-13(17)8-5-11(2)15(16)18/h3-8,19H,9H2,1-2H3,(H,20,21). The zero-order valence-electron chi connectivity index (χ0n) is 11.8. The van der Waals surface area contributed by atoms with E-state index in [4.69, 9.17) is 0 Å². The first kappa shape index (κ1) is 15.0. The van der Waals surface area contributed by atoms with Gasteiger partial charge in [0.25, 0.3) is 0 Å². The van der Waals surface area contributed by atoms with Gasteiger partial charge in [-0.3, -0.25) is 4.79 Å². The first-order chi connectivity index (χ1) is 9.97. The van der Waals surface area contributed by atoms with Crippen LogP contribution in [0.5, 0.6) is 0 Å². The highest BCUT2D eigenvalue weighted by Crippen LogP contribution is 2.21. The van der Waals surface area contributed by atoms with Crippen molar-refractivity contribution < 1.29 is 13.6 Å². The molecule has 5 heteroatoms. The van der Waals surface area contributed by atoms with Gasteiger partial charge >= 0.3 is 0 Å². The summed E-state index contributed by atoms with van der Waals surface area (Å²) in [5.74, 6) is -1.78. The molecule has 0 radical (unpaired) electrons. The first-order valence-corrected chi connectivity index (χ1v) is 6.52. The van der Waals surface area contributed by atoms with Gasteiger partial charge in [0.15, 0.2) is 5.82 Å². The topological polar surface area (TPSA) is 41.1 Å². The lowest BCUT2D eigenvalue weighted by molar-refractivity contribution is -0.114. The van der Waals surface area contributed by atoms with Crippen LogP contribution in [0.25, 0.3) is 0 Å². The van der Waals surface area contributed by atoms with Crippen LogP contribution in [-0.2, 0) is 4.79 Å². The van der Waals surface area contributed by atoms with Crippen LogP contribution in [0.3, 0.4) is 0 Å². The normalized spacial score (nSPS) is 10.3. The molecule has 0 aliphatic rings. The van der Waals surface area contributed by atoms with Crippen LogP contribution in [0.4, 0.5) is 20.2 Å². The fourth-order valence-corrected chi connectivity index (χ4v) is 1.83. The molecule has 0 heterocycles. The summed E-state index contributed by atoms with van der Waals surface area (Å²) >= 11 is 0. The first-order valence-electron chi connectivity index (χ1n) is 6.52. The summed E-state index contributed by atoms with van der Waals surface area (Å²) in [6, 6.07) is 9.77. The Kier molecular flexibility index (Phi) is 4.52. The number of halogens is 2. The van der Waals surface area contributed by atoms with Crippen LogP contribution >= 0.6 is 0 Å². The number of carbonyl (C=O) groups excluding carboxylic acids is 1. The maximum Gasteiger partial charge on any atom is 0.243 e. The average Bonchev–Trinajstić information content (AvgIpc) is 2.45. The van der Waals surface area contributed by atoms with Crippen molar-refractivity contribution in [2.24, 2.45) is 0 Å². The summed E-state index contributed by atoms with van der Waals surface area (Å²) in [6.07, 6.45) is 0. The molecule has 1 amide bonds. The molecular formula is C16H16F2N2O. The van der Waals surface area contributed by atoms with Crippen molar-refractivity contribution in [2.45, 2.75) is 13.8 Å². The maximum atomic E-state index is 13.8. The molecule has 3 nitrogen and oxygen atoms in total. The van der Waals surface area contributed by atoms with Crippen molar-refractivity contribution in [1.82, 2.24) is 0 Å². The van der Waals surface area contributed by atoms with Crippen molar-refractivity contribution in [2.75, 3.05) is 17.2 Å². The molecule has 2 aromatic carbocycles. The molecule has 0 aliphatic carbocycles. The van der Waals surface area contributed by atoms with Gasteiger partial charge in [-0.2, -0.15) is 0 Å². The molecule has 2 rings (SSSR count). The van der Waals surface area contributed by atoms with Gasteiger partial charge < -0.3 is 10.6 Å². The Balaban J connectivity index is 1.98. The molecular weight excluding hydrogens is 274 g/mol. The summed E-state index contributed by atoms with van der Waals surface area (Å²) in [5, 5.41) is 5.14. The van der Waals surface area contributed by atoms with Crippen molar-refractivity contribution in [3.05, 3.63) is 59.2 Å². The van der Waals surface area contributed by atoms with Gasteiger partial charge in [0.2, 0.25) is 5.91 Å². The summed E-state index contributed by atoms with van der Waals surface area (Å²) in [4.78, 5) is 11.8. The number of aryl methyl sites for hydroxylation is 2. The fraction of sp³-hybridized carbons (Fsp3) is 0.188. The summed E-state index contributed by atoms with van der Waals surface area (Å²) in [6.45, 7) is 3.26. The van der Waals surface area contributed by atoms with Crippen molar-refractivity contribution in [3.63, 3.8) is 0 Å². The molecule has 0 unspecified atom stereocenters. The van der Waals surface area contributed by atoms with E-state index >= 15 is 0 Å². The van der Waals surface area contributed by atoms with Crippen LogP contribution in [0.15, 0.2) is 36.4 Å². The van der Waals surface area contributed by atoms with E-state index in [-0.39, 0.29) is 18.1 Å². The van der Waals surface area contributed by atoms with E-state index in [1.165, 1.54) is 19.1 Å². The molecule has 0 saturated heterocycles. The number of nitrogens with one attached hydrogen (secondary N) is 2. The van der Waals surface area contributed by atoms with E-state index < -0.39 is 11.6 Å². The molecule has 0 aliphatic heterocycles. The Morgan fingerprint density at radius 1 is 1.05 bits per heavy atom. The third-order valence-corrected chi connectivity index (χ3v) is 3.05. The van der Waals surface area contributed by atoms with Crippen molar-refractivity contribution >= 4 is 17.3 Å². The number of carbonyl (C=O) groups is 1. The van der Waals surface area contributed by atoms with E-state index in [0.29, 0.717) is 11.3 Å². The van der Waals surface area contributed by atoms with Crippen LogP contribution < -0.4 is 10.6 Å². The molecule has 110 valence electrons. The predicted octanol–water partition coefficient (Wildman–Crippen LogP) is 3.63.